The fourth-order valence-electron chi connectivity index (χ4n) is 2.19. The Labute approximate surface area is 101 Å². The highest BCUT2D eigenvalue weighted by Gasteiger charge is 2.29. The molecule has 90 valence electrons. The molecule has 0 aromatic carbocycles. The molecule has 0 amide bonds. The second-order valence-corrected chi connectivity index (χ2v) is 7.42. The Morgan fingerprint density at radius 2 is 2.00 bits per heavy atom. The minimum absolute atomic E-state index is 0.195. The van der Waals surface area contributed by atoms with Crippen LogP contribution in [0.5, 0.6) is 0 Å². The summed E-state index contributed by atoms with van der Waals surface area (Å²) in [5, 5.41) is 1.81. The molecule has 0 atom stereocenters. The summed E-state index contributed by atoms with van der Waals surface area (Å²) in [7, 11) is -1.53. The van der Waals surface area contributed by atoms with Gasteiger partial charge in [0.1, 0.15) is 4.21 Å². The molecule has 1 saturated carbocycles. The number of rotatable bonds is 3. The Kier molecular flexibility index (Phi) is 3.66. The SMILES string of the molecule is CN(C1CCCCC1)S(=O)(=O)c1cccs1. The molecular formula is C11H17NO2S2. The lowest BCUT2D eigenvalue weighted by Gasteiger charge is -2.29. The van der Waals surface area contributed by atoms with Crippen LogP contribution in [-0.2, 0) is 10.0 Å². The molecule has 0 spiro atoms. The van der Waals surface area contributed by atoms with Gasteiger partial charge in [-0.15, -0.1) is 11.3 Å². The molecule has 0 bridgehead atoms. The molecule has 0 saturated heterocycles. The van der Waals surface area contributed by atoms with Crippen molar-refractivity contribution >= 4 is 21.4 Å². The van der Waals surface area contributed by atoms with Gasteiger partial charge in [-0.05, 0) is 24.3 Å². The Morgan fingerprint density at radius 1 is 1.31 bits per heavy atom. The predicted molar refractivity (Wildman–Crippen MR) is 66.1 cm³/mol. The van der Waals surface area contributed by atoms with Gasteiger partial charge in [0, 0.05) is 13.1 Å². The van der Waals surface area contributed by atoms with Crippen molar-refractivity contribution in [2.24, 2.45) is 0 Å². The minimum Gasteiger partial charge on any atom is -0.206 e. The third kappa shape index (κ3) is 2.31. The van der Waals surface area contributed by atoms with Gasteiger partial charge in [-0.25, -0.2) is 8.42 Å². The van der Waals surface area contributed by atoms with E-state index < -0.39 is 10.0 Å². The maximum Gasteiger partial charge on any atom is 0.252 e. The lowest BCUT2D eigenvalue weighted by molar-refractivity contribution is 0.286. The van der Waals surface area contributed by atoms with Crippen molar-refractivity contribution in [3.05, 3.63) is 17.5 Å². The molecule has 0 unspecified atom stereocenters. The van der Waals surface area contributed by atoms with E-state index in [4.69, 9.17) is 0 Å². The van der Waals surface area contributed by atoms with E-state index in [1.807, 2.05) is 5.38 Å². The van der Waals surface area contributed by atoms with Gasteiger partial charge in [0.25, 0.3) is 10.0 Å². The zero-order valence-electron chi connectivity index (χ0n) is 9.43. The standard InChI is InChI=1S/C11H17NO2S2/c1-12(10-6-3-2-4-7-10)16(13,14)11-8-5-9-15-11/h5,8-10H,2-4,6-7H2,1H3. The highest BCUT2D eigenvalue weighted by atomic mass is 32.2. The lowest BCUT2D eigenvalue weighted by atomic mass is 9.96. The average molecular weight is 259 g/mol. The first kappa shape index (κ1) is 12.1. The van der Waals surface area contributed by atoms with Gasteiger partial charge in [-0.3, -0.25) is 0 Å². The monoisotopic (exact) mass is 259 g/mol. The van der Waals surface area contributed by atoms with E-state index in [9.17, 15) is 8.42 Å². The van der Waals surface area contributed by atoms with E-state index >= 15 is 0 Å². The van der Waals surface area contributed by atoms with Crippen molar-refractivity contribution in [3.63, 3.8) is 0 Å². The first-order valence-electron chi connectivity index (χ1n) is 5.64. The van der Waals surface area contributed by atoms with Crippen molar-refractivity contribution in [1.82, 2.24) is 4.31 Å². The molecule has 0 aliphatic heterocycles. The molecule has 1 heterocycles. The summed E-state index contributed by atoms with van der Waals surface area (Å²) in [5.41, 5.74) is 0. The fourth-order valence-corrected chi connectivity index (χ4v) is 4.78. The summed E-state index contributed by atoms with van der Waals surface area (Å²) in [6.45, 7) is 0. The van der Waals surface area contributed by atoms with Gasteiger partial charge in [0.05, 0.1) is 0 Å². The highest BCUT2D eigenvalue weighted by molar-refractivity contribution is 7.91. The van der Waals surface area contributed by atoms with E-state index in [2.05, 4.69) is 0 Å². The average Bonchev–Trinajstić information content (AvgIpc) is 2.83. The molecule has 1 aliphatic rings. The highest BCUT2D eigenvalue weighted by Crippen LogP contribution is 2.27. The zero-order valence-corrected chi connectivity index (χ0v) is 11.1. The predicted octanol–water partition coefficient (Wildman–Crippen LogP) is 2.70. The second-order valence-electron chi connectivity index (χ2n) is 4.25. The summed E-state index contributed by atoms with van der Waals surface area (Å²) in [5.74, 6) is 0. The topological polar surface area (TPSA) is 37.4 Å². The lowest BCUT2D eigenvalue weighted by Crippen LogP contribution is -2.37. The number of thiophene rings is 1. The molecule has 2 rings (SSSR count). The van der Waals surface area contributed by atoms with Gasteiger partial charge < -0.3 is 0 Å². The Morgan fingerprint density at radius 3 is 2.56 bits per heavy atom. The van der Waals surface area contributed by atoms with Crippen molar-refractivity contribution in [2.75, 3.05) is 7.05 Å². The van der Waals surface area contributed by atoms with Crippen LogP contribution < -0.4 is 0 Å². The molecule has 1 fully saturated rings. The van der Waals surface area contributed by atoms with Crippen LogP contribution in [0.4, 0.5) is 0 Å². The molecule has 3 nitrogen and oxygen atoms in total. The smallest absolute Gasteiger partial charge is 0.206 e. The molecule has 1 aliphatic carbocycles. The number of nitrogens with zero attached hydrogens (tertiary/aromatic N) is 1. The number of hydrogen-bond acceptors (Lipinski definition) is 3. The molecule has 0 radical (unpaired) electrons. The molecule has 1 aromatic heterocycles. The third-order valence-electron chi connectivity index (χ3n) is 3.22. The van der Waals surface area contributed by atoms with Crippen LogP contribution in [0.1, 0.15) is 32.1 Å². The van der Waals surface area contributed by atoms with E-state index in [0.717, 1.165) is 25.7 Å². The normalized spacial score (nSPS) is 19.1. The Hall–Kier alpha value is -0.390. The van der Waals surface area contributed by atoms with Crippen LogP contribution in [0.3, 0.4) is 0 Å². The molecule has 5 heteroatoms. The van der Waals surface area contributed by atoms with Gasteiger partial charge in [0.15, 0.2) is 0 Å². The van der Waals surface area contributed by atoms with Crippen LogP contribution in [0, 0.1) is 0 Å². The van der Waals surface area contributed by atoms with Crippen molar-refractivity contribution < 1.29 is 8.42 Å². The van der Waals surface area contributed by atoms with Gasteiger partial charge >= 0.3 is 0 Å². The minimum atomic E-state index is -3.24. The summed E-state index contributed by atoms with van der Waals surface area (Å²) in [6.07, 6.45) is 5.54. The van der Waals surface area contributed by atoms with E-state index in [1.165, 1.54) is 17.8 Å². The van der Waals surface area contributed by atoms with Crippen LogP contribution in [0.15, 0.2) is 21.7 Å². The van der Waals surface area contributed by atoms with E-state index in [-0.39, 0.29) is 6.04 Å². The van der Waals surface area contributed by atoms with Gasteiger partial charge in [-0.2, -0.15) is 4.31 Å². The van der Waals surface area contributed by atoms with Crippen molar-refractivity contribution in [1.29, 1.82) is 0 Å². The maximum absolute atomic E-state index is 12.2. The first-order valence-corrected chi connectivity index (χ1v) is 7.96. The quantitative estimate of drug-likeness (QED) is 0.837. The van der Waals surface area contributed by atoms with E-state index in [1.54, 1.807) is 23.5 Å². The van der Waals surface area contributed by atoms with Crippen LogP contribution in [-0.4, -0.2) is 25.8 Å². The van der Waals surface area contributed by atoms with Gasteiger partial charge in [-0.1, -0.05) is 25.3 Å². The largest absolute Gasteiger partial charge is 0.252 e. The maximum atomic E-state index is 12.2. The summed E-state index contributed by atoms with van der Waals surface area (Å²) in [6, 6.07) is 3.66. The van der Waals surface area contributed by atoms with Crippen molar-refractivity contribution in [3.8, 4) is 0 Å². The molecule has 1 aromatic rings. The van der Waals surface area contributed by atoms with Crippen LogP contribution in [0.25, 0.3) is 0 Å². The molecular weight excluding hydrogens is 242 g/mol. The number of sulfonamides is 1. The summed E-state index contributed by atoms with van der Waals surface area (Å²) in [4.78, 5) is 0. The fraction of sp³-hybridized carbons (Fsp3) is 0.636. The third-order valence-corrected chi connectivity index (χ3v) is 6.50. The summed E-state index contributed by atoms with van der Waals surface area (Å²) < 4.78 is 26.5. The zero-order chi connectivity index (χ0) is 11.6. The van der Waals surface area contributed by atoms with Crippen molar-refractivity contribution in [2.45, 2.75) is 42.4 Å². The summed E-state index contributed by atoms with van der Waals surface area (Å²) >= 11 is 1.29. The first-order chi connectivity index (χ1) is 7.62. The second kappa shape index (κ2) is 4.85. The number of hydrogen-bond donors (Lipinski definition) is 0. The Balaban J connectivity index is 2.17. The van der Waals surface area contributed by atoms with Gasteiger partial charge in [0.2, 0.25) is 0 Å². The van der Waals surface area contributed by atoms with Crippen LogP contribution in [0.2, 0.25) is 0 Å². The van der Waals surface area contributed by atoms with E-state index in [0.29, 0.717) is 4.21 Å². The Bertz CT molecular complexity index is 419. The molecule has 0 N–H and O–H groups in total. The van der Waals surface area contributed by atoms with Crippen LogP contribution >= 0.6 is 11.3 Å². The molecule has 16 heavy (non-hydrogen) atoms.